The van der Waals surface area contributed by atoms with Gasteiger partial charge < -0.3 is 10.1 Å². The highest BCUT2D eigenvalue weighted by atomic mass is 32.2. The second-order valence-corrected chi connectivity index (χ2v) is 5.31. The third-order valence-corrected chi connectivity index (χ3v) is 3.74. The molecule has 1 rings (SSSR count). The van der Waals surface area contributed by atoms with Crippen LogP contribution in [0.1, 0.15) is 24.3 Å². The highest BCUT2D eigenvalue weighted by molar-refractivity contribution is 7.99. The van der Waals surface area contributed by atoms with E-state index in [1.165, 1.54) is 11.3 Å². The van der Waals surface area contributed by atoms with E-state index in [0.29, 0.717) is 17.6 Å². The summed E-state index contributed by atoms with van der Waals surface area (Å²) in [7, 11) is 0. The monoisotopic (exact) mass is 260 g/mol. The molecule has 0 aromatic carbocycles. The number of thioether (sulfide) groups is 1. The van der Waals surface area contributed by atoms with Crippen LogP contribution in [0.25, 0.3) is 0 Å². The molecule has 0 radical (unpaired) electrons. The molecule has 90 valence electrons. The molecule has 1 N–H and O–H groups in total. The number of rotatable bonds is 6. The summed E-state index contributed by atoms with van der Waals surface area (Å²) in [5, 5.41) is 4.51. The summed E-state index contributed by atoms with van der Waals surface area (Å²) >= 11 is 3.20. The van der Waals surface area contributed by atoms with Crippen molar-refractivity contribution in [2.75, 3.05) is 24.7 Å². The second kappa shape index (κ2) is 6.75. The fourth-order valence-corrected chi connectivity index (χ4v) is 1.96. The molecule has 1 aromatic heterocycles. The quantitative estimate of drug-likeness (QED) is 0.796. The van der Waals surface area contributed by atoms with E-state index in [1.807, 2.05) is 0 Å². The van der Waals surface area contributed by atoms with Gasteiger partial charge >= 0.3 is 5.97 Å². The molecule has 1 unspecified atom stereocenters. The van der Waals surface area contributed by atoms with Crippen molar-refractivity contribution in [3.05, 3.63) is 11.2 Å². The summed E-state index contributed by atoms with van der Waals surface area (Å²) in [6.07, 6.45) is 2.06. The van der Waals surface area contributed by atoms with Crippen LogP contribution >= 0.6 is 23.1 Å². The van der Waals surface area contributed by atoms with Gasteiger partial charge in [-0.1, -0.05) is 6.92 Å². The Morgan fingerprint density at radius 3 is 3.12 bits per heavy atom. The van der Waals surface area contributed by atoms with Crippen molar-refractivity contribution in [3.8, 4) is 0 Å². The number of anilines is 1. The van der Waals surface area contributed by atoms with E-state index in [9.17, 15) is 4.79 Å². The molecule has 0 saturated carbocycles. The van der Waals surface area contributed by atoms with Gasteiger partial charge in [-0.3, -0.25) is 0 Å². The molecule has 1 aromatic rings. The summed E-state index contributed by atoms with van der Waals surface area (Å²) < 4.78 is 4.92. The summed E-state index contributed by atoms with van der Waals surface area (Å²) in [6, 6.07) is 0. The number of hydrogen-bond acceptors (Lipinski definition) is 6. The molecule has 0 spiro atoms. The van der Waals surface area contributed by atoms with Crippen molar-refractivity contribution in [3.63, 3.8) is 0 Å². The van der Waals surface area contributed by atoms with Crippen LogP contribution in [0.3, 0.4) is 0 Å². The first-order chi connectivity index (χ1) is 7.69. The minimum atomic E-state index is -0.358. The topological polar surface area (TPSA) is 51.2 Å². The zero-order chi connectivity index (χ0) is 12.0. The lowest BCUT2D eigenvalue weighted by molar-refractivity contribution is 0.0521. The smallest absolute Gasteiger partial charge is 0.360 e. The highest BCUT2D eigenvalue weighted by Gasteiger charge is 2.16. The van der Waals surface area contributed by atoms with E-state index >= 15 is 0 Å². The maximum absolute atomic E-state index is 11.5. The number of carbonyl (C=O) groups excluding carboxylic acids is 1. The molecule has 1 heterocycles. The zero-order valence-electron chi connectivity index (χ0n) is 9.65. The maximum Gasteiger partial charge on any atom is 0.360 e. The van der Waals surface area contributed by atoms with Crippen LogP contribution in [0, 0.1) is 0 Å². The maximum atomic E-state index is 11.5. The Morgan fingerprint density at radius 1 is 1.75 bits per heavy atom. The van der Waals surface area contributed by atoms with Crippen molar-refractivity contribution in [1.82, 2.24) is 4.98 Å². The molecule has 4 nitrogen and oxygen atoms in total. The normalized spacial score (nSPS) is 12.2. The standard InChI is InChI=1S/C10H16N2O2S2/c1-4-14-10(13)8-9(16-6-12-8)11-5-7(2)15-3/h6-7,11H,4-5H2,1-3H3. The third-order valence-electron chi connectivity index (χ3n) is 1.99. The molecular weight excluding hydrogens is 244 g/mol. The van der Waals surface area contributed by atoms with Gasteiger partial charge in [0.15, 0.2) is 5.69 Å². The molecule has 0 saturated heterocycles. The molecular formula is C10H16N2O2S2. The van der Waals surface area contributed by atoms with Crippen molar-refractivity contribution in [2.45, 2.75) is 19.1 Å². The number of ether oxygens (including phenoxy) is 1. The lowest BCUT2D eigenvalue weighted by Crippen LogP contribution is -2.15. The van der Waals surface area contributed by atoms with Crippen LogP contribution in [0.5, 0.6) is 0 Å². The first-order valence-corrected chi connectivity index (χ1v) is 7.23. The minimum Gasteiger partial charge on any atom is -0.461 e. The largest absolute Gasteiger partial charge is 0.461 e. The molecule has 0 fully saturated rings. The molecule has 0 aliphatic heterocycles. The van der Waals surface area contributed by atoms with Gasteiger partial charge in [0.25, 0.3) is 0 Å². The Kier molecular flexibility index (Phi) is 5.62. The van der Waals surface area contributed by atoms with E-state index in [2.05, 4.69) is 23.5 Å². The number of thiazole rings is 1. The molecule has 16 heavy (non-hydrogen) atoms. The van der Waals surface area contributed by atoms with Gasteiger partial charge in [-0.15, -0.1) is 11.3 Å². The van der Waals surface area contributed by atoms with Crippen LogP contribution in [-0.4, -0.2) is 35.6 Å². The number of nitrogens with one attached hydrogen (secondary N) is 1. The second-order valence-electron chi connectivity index (χ2n) is 3.18. The van der Waals surface area contributed by atoms with E-state index in [-0.39, 0.29) is 5.97 Å². The van der Waals surface area contributed by atoms with Gasteiger partial charge in [-0.25, -0.2) is 9.78 Å². The fraction of sp³-hybridized carbons (Fsp3) is 0.600. The van der Waals surface area contributed by atoms with E-state index < -0.39 is 0 Å². The van der Waals surface area contributed by atoms with Crippen LogP contribution in [0.15, 0.2) is 5.51 Å². The van der Waals surface area contributed by atoms with Gasteiger partial charge in [-0.05, 0) is 13.2 Å². The van der Waals surface area contributed by atoms with Crippen molar-refractivity contribution < 1.29 is 9.53 Å². The Labute approximate surface area is 104 Å². The first-order valence-electron chi connectivity index (χ1n) is 5.06. The summed E-state index contributed by atoms with van der Waals surface area (Å²) in [5.41, 5.74) is 2.04. The number of esters is 1. The number of nitrogens with zero attached hydrogens (tertiary/aromatic N) is 1. The van der Waals surface area contributed by atoms with Crippen LogP contribution < -0.4 is 5.32 Å². The summed E-state index contributed by atoms with van der Waals surface area (Å²) in [4.78, 5) is 15.5. The predicted molar refractivity (Wildman–Crippen MR) is 69.5 cm³/mol. The molecule has 0 aliphatic rings. The van der Waals surface area contributed by atoms with Gasteiger partial charge in [0, 0.05) is 11.8 Å². The Morgan fingerprint density at radius 2 is 2.50 bits per heavy atom. The lowest BCUT2D eigenvalue weighted by atomic mass is 10.4. The predicted octanol–water partition coefficient (Wildman–Crippen LogP) is 2.48. The molecule has 6 heteroatoms. The SMILES string of the molecule is CCOC(=O)c1ncsc1NCC(C)SC. The zero-order valence-corrected chi connectivity index (χ0v) is 11.3. The molecule has 0 aliphatic carbocycles. The third kappa shape index (κ3) is 3.68. The Bertz CT molecular complexity index is 341. The van der Waals surface area contributed by atoms with Crippen LogP contribution in [0.4, 0.5) is 5.00 Å². The van der Waals surface area contributed by atoms with E-state index in [4.69, 9.17) is 4.74 Å². The molecule has 0 amide bonds. The van der Waals surface area contributed by atoms with Gasteiger partial charge in [0.05, 0.1) is 12.1 Å². The summed E-state index contributed by atoms with van der Waals surface area (Å²) in [5.74, 6) is -0.358. The number of carbonyl (C=O) groups is 1. The Balaban J connectivity index is 2.60. The lowest BCUT2D eigenvalue weighted by Gasteiger charge is -2.10. The van der Waals surface area contributed by atoms with Gasteiger partial charge in [-0.2, -0.15) is 11.8 Å². The van der Waals surface area contributed by atoms with Crippen LogP contribution in [-0.2, 0) is 4.74 Å². The summed E-state index contributed by atoms with van der Waals surface area (Å²) in [6.45, 7) is 5.10. The minimum absolute atomic E-state index is 0.358. The first kappa shape index (κ1) is 13.3. The highest BCUT2D eigenvalue weighted by Crippen LogP contribution is 2.21. The average Bonchev–Trinajstić information content (AvgIpc) is 2.74. The van der Waals surface area contributed by atoms with Crippen molar-refractivity contribution in [1.29, 1.82) is 0 Å². The van der Waals surface area contributed by atoms with Crippen molar-refractivity contribution >= 4 is 34.1 Å². The van der Waals surface area contributed by atoms with Gasteiger partial charge in [0.1, 0.15) is 5.00 Å². The number of hydrogen-bond donors (Lipinski definition) is 1. The molecule has 1 atom stereocenters. The number of aromatic nitrogens is 1. The van der Waals surface area contributed by atoms with Crippen molar-refractivity contribution in [2.24, 2.45) is 0 Å². The van der Waals surface area contributed by atoms with E-state index in [1.54, 1.807) is 24.2 Å². The van der Waals surface area contributed by atoms with E-state index in [0.717, 1.165) is 11.5 Å². The Hall–Kier alpha value is -0.750. The van der Waals surface area contributed by atoms with Crippen LogP contribution in [0.2, 0.25) is 0 Å². The van der Waals surface area contributed by atoms with Gasteiger partial charge in [0.2, 0.25) is 0 Å². The fourth-order valence-electron chi connectivity index (χ4n) is 1.04. The molecule has 0 bridgehead atoms. The average molecular weight is 260 g/mol.